The van der Waals surface area contributed by atoms with Gasteiger partial charge in [0.05, 0.1) is 0 Å². The number of fused-ring (bicyclic) bond motifs is 1. The first-order valence-corrected chi connectivity index (χ1v) is 7.14. The van der Waals surface area contributed by atoms with Crippen LogP contribution in [0.2, 0.25) is 0 Å². The molecule has 0 bridgehead atoms. The molecule has 0 unspecified atom stereocenters. The zero-order chi connectivity index (χ0) is 13.1. The molecule has 0 atom stereocenters. The third-order valence-corrected chi connectivity index (χ3v) is 3.81. The summed E-state index contributed by atoms with van der Waals surface area (Å²) in [5, 5.41) is 4.29. The number of amides is 1. The second-order valence-corrected chi connectivity index (χ2v) is 5.46. The molecule has 2 aromatic rings. The number of para-hydroxylation sites is 1. The molecule has 100 valence electrons. The van der Waals surface area contributed by atoms with Crippen LogP contribution in [0.1, 0.15) is 31.2 Å². The normalized spacial score (nSPS) is 14.7. The summed E-state index contributed by atoms with van der Waals surface area (Å²) >= 11 is 0. The van der Waals surface area contributed by atoms with Gasteiger partial charge in [0.25, 0.3) is 0 Å². The Kier molecular flexibility index (Phi) is 3.53. The number of H-pyrrole nitrogens is 1. The minimum atomic E-state index is 0.201. The van der Waals surface area contributed by atoms with E-state index in [1.54, 1.807) is 0 Å². The first kappa shape index (κ1) is 12.3. The van der Waals surface area contributed by atoms with E-state index in [0.717, 1.165) is 25.3 Å². The summed E-state index contributed by atoms with van der Waals surface area (Å²) in [4.78, 5) is 14.9. The van der Waals surface area contributed by atoms with Gasteiger partial charge in [-0.15, -0.1) is 0 Å². The lowest BCUT2D eigenvalue weighted by molar-refractivity contribution is -0.121. The van der Waals surface area contributed by atoms with Crippen LogP contribution in [0.3, 0.4) is 0 Å². The minimum Gasteiger partial charge on any atom is -0.361 e. The number of carbonyl (C=O) groups excluding carboxylic acids is 1. The van der Waals surface area contributed by atoms with Crippen LogP contribution in [0, 0.1) is 5.92 Å². The highest BCUT2D eigenvalue weighted by atomic mass is 16.1. The summed E-state index contributed by atoms with van der Waals surface area (Å²) < 4.78 is 0. The zero-order valence-corrected chi connectivity index (χ0v) is 11.1. The van der Waals surface area contributed by atoms with E-state index in [4.69, 9.17) is 0 Å². The van der Waals surface area contributed by atoms with Crippen LogP contribution >= 0.6 is 0 Å². The van der Waals surface area contributed by atoms with Gasteiger partial charge in [-0.3, -0.25) is 4.79 Å². The highest BCUT2D eigenvalue weighted by Gasteiger charge is 2.21. The summed E-state index contributed by atoms with van der Waals surface area (Å²) in [5.74, 6) is 0.962. The second-order valence-electron chi connectivity index (χ2n) is 5.46. The Labute approximate surface area is 113 Å². The largest absolute Gasteiger partial charge is 0.361 e. The van der Waals surface area contributed by atoms with Crippen molar-refractivity contribution in [3.63, 3.8) is 0 Å². The van der Waals surface area contributed by atoms with Crippen molar-refractivity contribution in [1.82, 2.24) is 10.3 Å². The third-order valence-electron chi connectivity index (χ3n) is 3.81. The maximum atomic E-state index is 11.6. The van der Waals surface area contributed by atoms with Crippen LogP contribution in [0.15, 0.2) is 30.5 Å². The molecule has 1 heterocycles. The van der Waals surface area contributed by atoms with Crippen molar-refractivity contribution in [2.75, 3.05) is 6.54 Å². The van der Waals surface area contributed by atoms with Gasteiger partial charge in [0.15, 0.2) is 0 Å². The monoisotopic (exact) mass is 256 g/mol. The van der Waals surface area contributed by atoms with E-state index in [-0.39, 0.29) is 5.91 Å². The fraction of sp³-hybridized carbons (Fsp3) is 0.438. The van der Waals surface area contributed by atoms with Crippen LogP contribution in [0.4, 0.5) is 0 Å². The van der Waals surface area contributed by atoms with E-state index >= 15 is 0 Å². The molecular weight excluding hydrogens is 236 g/mol. The predicted molar refractivity (Wildman–Crippen MR) is 77.0 cm³/mol. The molecule has 1 aromatic heterocycles. The molecule has 0 aliphatic heterocycles. The SMILES string of the molecule is O=C(CCCc1c[nH]c2ccccc12)NCC1CC1. The number of aromatic amines is 1. The molecule has 19 heavy (non-hydrogen) atoms. The third kappa shape index (κ3) is 3.16. The molecule has 1 aliphatic carbocycles. The Morgan fingerprint density at radius 3 is 3.00 bits per heavy atom. The van der Waals surface area contributed by atoms with E-state index in [2.05, 4.69) is 34.7 Å². The van der Waals surface area contributed by atoms with Crippen LogP contribution in [0.25, 0.3) is 10.9 Å². The Morgan fingerprint density at radius 1 is 1.32 bits per heavy atom. The number of benzene rings is 1. The molecule has 0 spiro atoms. The zero-order valence-electron chi connectivity index (χ0n) is 11.1. The minimum absolute atomic E-state index is 0.201. The molecular formula is C16H20N2O. The summed E-state index contributed by atoms with van der Waals surface area (Å²) in [6.45, 7) is 0.881. The Morgan fingerprint density at radius 2 is 2.16 bits per heavy atom. The van der Waals surface area contributed by atoms with E-state index in [0.29, 0.717) is 6.42 Å². The molecule has 1 saturated carbocycles. The molecule has 3 rings (SSSR count). The molecule has 0 radical (unpaired) electrons. The lowest BCUT2D eigenvalue weighted by Gasteiger charge is -2.03. The van der Waals surface area contributed by atoms with Gasteiger partial charge in [0.1, 0.15) is 0 Å². The standard InChI is InChI=1S/C16H20N2O/c19-16(18-10-12-8-9-12)7-3-4-13-11-17-15-6-2-1-5-14(13)15/h1-2,5-6,11-12,17H,3-4,7-10H2,(H,18,19). The molecule has 1 amide bonds. The van der Waals surface area contributed by atoms with Crippen molar-refractivity contribution < 1.29 is 4.79 Å². The van der Waals surface area contributed by atoms with Gasteiger partial charge in [0, 0.05) is 30.1 Å². The summed E-state index contributed by atoms with van der Waals surface area (Å²) in [6, 6.07) is 8.31. The lowest BCUT2D eigenvalue weighted by atomic mass is 10.1. The van der Waals surface area contributed by atoms with Crippen molar-refractivity contribution in [3.8, 4) is 0 Å². The molecule has 3 nitrogen and oxygen atoms in total. The van der Waals surface area contributed by atoms with Crippen LogP contribution in [-0.2, 0) is 11.2 Å². The van der Waals surface area contributed by atoms with Gasteiger partial charge in [-0.1, -0.05) is 18.2 Å². The van der Waals surface area contributed by atoms with Crippen molar-refractivity contribution in [2.45, 2.75) is 32.1 Å². The maximum absolute atomic E-state index is 11.6. The average Bonchev–Trinajstić information content (AvgIpc) is 3.18. The summed E-state index contributed by atoms with van der Waals surface area (Å²) in [6.07, 6.45) is 7.14. The first-order valence-electron chi connectivity index (χ1n) is 7.14. The summed E-state index contributed by atoms with van der Waals surface area (Å²) in [5.41, 5.74) is 2.49. The van der Waals surface area contributed by atoms with Gasteiger partial charge in [-0.25, -0.2) is 0 Å². The van der Waals surface area contributed by atoms with Gasteiger partial charge < -0.3 is 10.3 Å². The molecule has 1 fully saturated rings. The van der Waals surface area contributed by atoms with Crippen LogP contribution in [-0.4, -0.2) is 17.4 Å². The van der Waals surface area contributed by atoms with Crippen LogP contribution < -0.4 is 5.32 Å². The molecule has 2 N–H and O–H groups in total. The number of aryl methyl sites for hydroxylation is 1. The van der Waals surface area contributed by atoms with Crippen molar-refractivity contribution in [1.29, 1.82) is 0 Å². The number of aromatic nitrogens is 1. The van der Waals surface area contributed by atoms with E-state index in [1.807, 2.05) is 6.07 Å². The number of nitrogens with one attached hydrogen (secondary N) is 2. The Balaban J connectivity index is 1.47. The fourth-order valence-electron chi connectivity index (χ4n) is 2.45. The Hall–Kier alpha value is -1.77. The Bertz CT molecular complexity index is 569. The van der Waals surface area contributed by atoms with E-state index < -0.39 is 0 Å². The maximum Gasteiger partial charge on any atom is 0.220 e. The predicted octanol–water partition coefficient (Wildman–Crippen LogP) is 3.02. The number of hydrogen-bond acceptors (Lipinski definition) is 1. The molecule has 1 aromatic carbocycles. The smallest absolute Gasteiger partial charge is 0.220 e. The quantitative estimate of drug-likeness (QED) is 0.820. The average molecular weight is 256 g/mol. The van der Waals surface area contributed by atoms with Crippen LogP contribution in [0.5, 0.6) is 0 Å². The molecule has 0 saturated heterocycles. The van der Waals surface area contributed by atoms with Gasteiger partial charge in [0.2, 0.25) is 5.91 Å². The lowest BCUT2D eigenvalue weighted by Crippen LogP contribution is -2.25. The number of carbonyl (C=O) groups is 1. The first-order chi connectivity index (χ1) is 9.33. The molecule has 1 aliphatic rings. The van der Waals surface area contributed by atoms with E-state index in [1.165, 1.54) is 29.3 Å². The topological polar surface area (TPSA) is 44.9 Å². The summed E-state index contributed by atoms with van der Waals surface area (Å²) in [7, 11) is 0. The van der Waals surface area contributed by atoms with Crippen molar-refractivity contribution in [2.24, 2.45) is 5.92 Å². The van der Waals surface area contributed by atoms with Gasteiger partial charge in [-0.2, -0.15) is 0 Å². The van der Waals surface area contributed by atoms with E-state index in [9.17, 15) is 4.79 Å². The van der Waals surface area contributed by atoms with Gasteiger partial charge in [-0.05, 0) is 43.2 Å². The van der Waals surface area contributed by atoms with Crippen molar-refractivity contribution >= 4 is 16.8 Å². The highest BCUT2D eigenvalue weighted by Crippen LogP contribution is 2.27. The molecule has 3 heteroatoms. The van der Waals surface area contributed by atoms with Crippen molar-refractivity contribution in [3.05, 3.63) is 36.0 Å². The highest BCUT2D eigenvalue weighted by molar-refractivity contribution is 5.83. The van der Waals surface area contributed by atoms with Gasteiger partial charge >= 0.3 is 0 Å². The number of rotatable bonds is 6. The fourth-order valence-corrected chi connectivity index (χ4v) is 2.45. The number of hydrogen-bond donors (Lipinski definition) is 2. The second kappa shape index (κ2) is 5.47.